The minimum absolute atomic E-state index is 0.551. The summed E-state index contributed by atoms with van der Waals surface area (Å²) in [6.07, 6.45) is 11.5. The van der Waals surface area contributed by atoms with Gasteiger partial charge in [0, 0.05) is 18.4 Å². The summed E-state index contributed by atoms with van der Waals surface area (Å²) < 4.78 is 0. The van der Waals surface area contributed by atoms with Gasteiger partial charge in [-0.25, -0.2) is 0 Å². The predicted molar refractivity (Wildman–Crippen MR) is 73.5 cm³/mol. The Balaban J connectivity index is 2.01. The molecule has 1 aromatic rings. The molecule has 0 bridgehead atoms. The molecule has 1 fully saturated rings. The van der Waals surface area contributed by atoms with Crippen LogP contribution in [-0.4, -0.2) is 11.0 Å². The van der Waals surface area contributed by atoms with E-state index in [1.807, 2.05) is 6.07 Å². The normalized spacial score (nSPS) is 18.9. The van der Waals surface area contributed by atoms with Crippen LogP contribution in [0.3, 0.4) is 0 Å². The van der Waals surface area contributed by atoms with Gasteiger partial charge in [0.05, 0.1) is 10.7 Å². The Bertz CT molecular complexity index is 348. The molecule has 0 radical (unpaired) electrons. The first-order chi connectivity index (χ1) is 8.31. The Hall–Kier alpha value is -0.760. The lowest BCUT2D eigenvalue weighted by Gasteiger charge is -2.31. The van der Waals surface area contributed by atoms with Crippen molar-refractivity contribution in [2.45, 2.75) is 51.5 Å². The van der Waals surface area contributed by atoms with Gasteiger partial charge in [-0.1, -0.05) is 37.8 Å². The van der Waals surface area contributed by atoms with E-state index in [0.717, 1.165) is 23.0 Å². The molecule has 1 atom stereocenters. The van der Waals surface area contributed by atoms with E-state index in [9.17, 15) is 0 Å². The topological polar surface area (TPSA) is 24.9 Å². The fourth-order valence-electron chi connectivity index (χ4n) is 2.78. The van der Waals surface area contributed by atoms with Gasteiger partial charge >= 0.3 is 0 Å². The van der Waals surface area contributed by atoms with E-state index in [-0.39, 0.29) is 0 Å². The first-order valence-electron chi connectivity index (χ1n) is 6.67. The average Bonchev–Trinajstić information content (AvgIpc) is 2.39. The van der Waals surface area contributed by atoms with Gasteiger partial charge in [0.25, 0.3) is 0 Å². The Labute approximate surface area is 109 Å². The highest BCUT2D eigenvalue weighted by Crippen LogP contribution is 2.31. The maximum atomic E-state index is 6.14. The second-order valence-electron chi connectivity index (χ2n) is 4.91. The van der Waals surface area contributed by atoms with Crippen molar-refractivity contribution in [2.24, 2.45) is 5.92 Å². The van der Waals surface area contributed by atoms with Gasteiger partial charge in [0.2, 0.25) is 0 Å². The number of hydrogen-bond donors (Lipinski definition) is 1. The first kappa shape index (κ1) is 12.7. The van der Waals surface area contributed by atoms with E-state index in [0.29, 0.717) is 6.04 Å². The highest BCUT2D eigenvalue weighted by atomic mass is 35.5. The number of rotatable bonds is 4. The molecule has 0 spiro atoms. The van der Waals surface area contributed by atoms with Crippen molar-refractivity contribution >= 4 is 17.3 Å². The Morgan fingerprint density at radius 1 is 1.41 bits per heavy atom. The Morgan fingerprint density at radius 3 is 2.82 bits per heavy atom. The molecule has 0 aromatic carbocycles. The molecule has 1 aliphatic carbocycles. The third-order valence-corrected chi connectivity index (χ3v) is 4.07. The molecule has 1 heterocycles. The smallest absolute Gasteiger partial charge is 0.0820 e. The maximum absolute atomic E-state index is 6.14. The molecule has 2 nitrogen and oxygen atoms in total. The van der Waals surface area contributed by atoms with Crippen LogP contribution in [0.15, 0.2) is 18.5 Å². The van der Waals surface area contributed by atoms with Gasteiger partial charge in [-0.05, 0) is 31.2 Å². The fraction of sp³-hybridized carbons (Fsp3) is 0.643. The molecule has 2 rings (SSSR count). The summed E-state index contributed by atoms with van der Waals surface area (Å²) in [6.45, 7) is 2.25. The summed E-state index contributed by atoms with van der Waals surface area (Å²) in [5, 5.41) is 4.32. The number of aromatic nitrogens is 1. The van der Waals surface area contributed by atoms with Crippen LogP contribution in [0.5, 0.6) is 0 Å². The molecule has 1 unspecified atom stereocenters. The van der Waals surface area contributed by atoms with E-state index < -0.39 is 0 Å². The minimum Gasteiger partial charge on any atom is -0.381 e. The van der Waals surface area contributed by atoms with Crippen molar-refractivity contribution in [1.82, 2.24) is 4.98 Å². The van der Waals surface area contributed by atoms with Crippen LogP contribution in [0.4, 0.5) is 5.69 Å². The number of nitrogens with zero attached hydrogens (tertiary/aromatic N) is 1. The number of hydrogen-bond acceptors (Lipinski definition) is 2. The monoisotopic (exact) mass is 252 g/mol. The number of nitrogens with one attached hydrogen (secondary N) is 1. The summed E-state index contributed by atoms with van der Waals surface area (Å²) in [4.78, 5) is 4.02. The van der Waals surface area contributed by atoms with Crippen LogP contribution in [-0.2, 0) is 0 Å². The molecule has 1 aliphatic rings. The highest BCUT2D eigenvalue weighted by molar-refractivity contribution is 6.33. The standard InChI is InChI=1S/C14H21ClN2/c1-2-13(11-6-4-3-5-7-11)17-14-8-9-16-10-12(14)15/h8-11,13H,2-7H2,1H3,(H,16,17). The molecular formula is C14H21ClN2. The SMILES string of the molecule is CCC(Nc1ccncc1Cl)C1CCCCC1. The van der Waals surface area contributed by atoms with E-state index in [1.54, 1.807) is 12.4 Å². The Morgan fingerprint density at radius 2 is 2.18 bits per heavy atom. The lowest BCUT2D eigenvalue weighted by molar-refractivity contribution is 0.313. The van der Waals surface area contributed by atoms with Crippen LogP contribution in [0, 0.1) is 5.92 Å². The average molecular weight is 253 g/mol. The van der Waals surface area contributed by atoms with Crippen molar-refractivity contribution < 1.29 is 0 Å². The third kappa shape index (κ3) is 3.35. The van der Waals surface area contributed by atoms with Gasteiger partial charge in [-0.3, -0.25) is 4.98 Å². The van der Waals surface area contributed by atoms with Crippen LogP contribution < -0.4 is 5.32 Å². The molecule has 0 amide bonds. The molecule has 0 aliphatic heterocycles. The molecule has 1 aromatic heterocycles. The largest absolute Gasteiger partial charge is 0.381 e. The number of pyridine rings is 1. The van der Waals surface area contributed by atoms with E-state index in [1.165, 1.54) is 32.1 Å². The maximum Gasteiger partial charge on any atom is 0.0820 e. The summed E-state index contributed by atoms with van der Waals surface area (Å²) >= 11 is 6.14. The second-order valence-corrected chi connectivity index (χ2v) is 5.32. The number of halogens is 1. The zero-order valence-corrected chi connectivity index (χ0v) is 11.2. The predicted octanol–water partition coefficient (Wildman–Crippen LogP) is 4.51. The molecule has 3 heteroatoms. The van der Waals surface area contributed by atoms with Gasteiger partial charge in [-0.2, -0.15) is 0 Å². The minimum atomic E-state index is 0.551. The molecule has 1 N–H and O–H groups in total. The molecular weight excluding hydrogens is 232 g/mol. The molecule has 1 saturated carbocycles. The lowest BCUT2D eigenvalue weighted by atomic mass is 9.83. The van der Waals surface area contributed by atoms with Crippen LogP contribution in [0.1, 0.15) is 45.4 Å². The lowest BCUT2D eigenvalue weighted by Crippen LogP contribution is -2.30. The quantitative estimate of drug-likeness (QED) is 0.853. The van der Waals surface area contributed by atoms with E-state index in [4.69, 9.17) is 11.6 Å². The molecule has 17 heavy (non-hydrogen) atoms. The Kier molecular flexibility index (Phi) is 4.66. The molecule has 0 saturated heterocycles. The summed E-state index contributed by atoms with van der Waals surface area (Å²) in [6, 6.07) is 2.52. The van der Waals surface area contributed by atoms with Gasteiger partial charge in [0.15, 0.2) is 0 Å². The summed E-state index contributed by atoms with van der Waals surface area (Å²) in [5.41, 5.74) is 1.03. The van der Waals surface area contributed by atoms with E-state index >= 15 is 0 Å². The summed E-state index contributed by atoms with van der Waals surface area (Å²) in [7, 11) is 0. The second kappa shape index (κ2) is 6.25. The van der Waals surface area contributed by atoms with Crippen LogP contribution in [0.25, 0.3) is 0 Å². The van der Waals surface area contributed by atoms with Crippen molar-refractivity contribution in [3.8, 4) is 0 Å². The first-order valence-corrected chi connectivity index (χ1v) is 7.05. The van der Waals surface area contributed by atoms with Crippen LogP contribution >= 0.6 is 11.6 Å². The molecule has 94 valence electrons. The van der Waals surface area contributed by atoms with Crippen molar-refractivity contribution in [1.29, 1.82) is 0 Å². The zero-order valence-electron chi connectivity index (χ0n) is 10.5. The third-order valence-electron chi connectivity index (χ3n) is 3.77. The zero-order chi connectivity index (χ0) is 12.1. The van der Waals surface area contributed by atoms with Gasteiger partial charge in [-0.15, -0.1) is 0 Å². The van der Waals surface area contributed by atoms with Gasteiger partial charge in [0.1, 0.15) is 0 Å². The van der Waals surface area contributed by atoms with E-state index in [2.05, 4.69) is 17.2 Å². The van der Waals surface area contributed by atoms with Crippen molar-refractivity contribution in [2.75, 3.05) is 5.32 Å². The number of anilines is 1. The fourth-order valence-corrected chi connectivity index (χ4v) is 2.96. The van der Waals surface area contributed by atoms with Crippen molar-refractivity contribution in [3.63, 3.8) is 0 Å². The highest BCUT2D eigenvalue weighted by Gasteiger charge is 2.22. The van der Waals surface area contributed by atoms with Crippen molar-refractivity contribution in [3.05, 3.63) is 23.5 Å². The van der Waals surface area contributed by atoms with Gasteiger partial charge < -0.3 is 5.32 Å². The van der Waals surface area contributed by atoms with Crippen LogP contribution in [0.2, 0.25) is 5.02 Å². The summed E-state index contributed by atoms with van der Waals surface area (Å²) in [5.74, 6) is 0.804.